The van der Waals surface area contributed by atoms with Crippen LogP contribution in [-0.2, 0) is 6.61 Å². The van der Waals surface area contributed by atoms with E-state index < -0.39 is 10.8 Å². The topological polar surface area (TPSA) is 123 Å². The van der Waals surface area contributed by atoms with Crippen molar-refractivity contribution >= 4 is 40.4 Å². The number of hydrogen-bond acceptors (Lipinski definition) is 7. The maximum atomic E-state index is 12.1. The third kappa shape index (κ3) is 5.72. The van der Waals surface area contributed by atoms with Gasteiger partial charge >= 0.3 is 0 Å². The Labute approximate surface area is 197 Å². The number of halogens is 1. The molecule has 0 aromatic heterocycles. The molecule has 1 amide bonds. The molecule has 10 heteroatoms. The first-order valence-corrected chi connectivity index (χ1v) is 10.3. The molecule has 0 fully saturated rings. The Balaban J connectivity index is 1.69. The van der Waals surface area contributed by atoms with Crippen LogP contribution in [0.25, 0.3) is 0 Å². The number of nitrogens with one attached hydrogen (secondary N) is 1. The monoisotopic (exact) mass is 547 g/mol. The molecule has 0 aliphatic carbocycles. The number of ether oxygens (including phenoxy) is 2. The van der Waals surface area contributed by atoms with Crippen LogP contribution in [-0.4, -0.2) is 29.3 Å². The number of carbonyl (C=O) groups is 1. The number of carbonyl (C=O) groups excluding carboxylic acids is 1. The number of para-hydroxylation sites is 1. The number of amides is 1. The quantitative estimate of drug-likeness (QED) is 0.188. The van der Waals surface area contributed by atoms with Crippen molar-refractivity contribution in [2.24, 2.45) is 5.10 Å². The number of aromatic hydroxyl groups is 1. The number of nitro groups is 1. The Morgan fingerprint density at radius 1 is 1.22 bits per heavy atom. The molecule has 32 heavy (non-hydrogen) atoms. The first-order chi connectivity index (χ1) is 15.4. The van der Waals surface area contributed by atoms with E-state index in [9.17, 15) is 20.0 Å². The third-order valence-electron chi connectivity index (χ3n) is 4.31. The molecule has 0 atom stereocenters. The lowest BCUT2D eigenvalue weighted by Crippen LogP contribution is -2.17. The lowest BCUT2D eigenvalue weighted by atomic mass is 10.2. The van der Waals surface area contributed by atoms with Crippen LogP contribution in [0.3, 0.4) is 0 Å². The first-order valence-electron chi connectivity index (χ1n) is 9.24. The normalized spacial score (nSPS) is 10.7. The summed E-state index contributed by atoms with van der Waals surface area (Å²) in [5, 5.41) is 24.4. The van der Waals surface area contributed by atoms with Gasteiger partial charge in [0.1, 0.15) is 12.4 Å². The molecule has 3 aromatic rings. The van der Waals surface area contributed by atoms with Crippen LogP contribution >= 0.6 is 22.6 Å². The van der Waals surface area contributed by atoms with Gasteiger partial charge in [0.25, 0.3) is 11.6 Å². The number of phenols is 1. The molecule has 9 nitrogen and oxygen atoms in total. The fourth-order valence-electron chi connectivity index (χ4n) is 2.72. The fourth-order valence-corrected chi connectivity index (χ4v) is 3.50. The SMILES string of the molecule is COc1cc(C=NNC(=O)c2ccccc2O)cc(I)c1OCc1ccc([N+](=O)[O-])cc1. The second-order valence-electron chi connectivity index (χ2n) is 6.46. The van der Waals surface area contributed by atoms with E-state index in [0.717, 1.165) is 9.13 Å². The zero-order valence-corrected chi connectivity index (χ0v) is 19.0. The highest BCUT2D eigenvalue weighted by Gasteiger charge is 2.13. The summed E-state index contributed by atoms with van der Waals surface area (Å²) in [7, 11) is 1.50. The number of phenolic OH excluding ortho intramolecular Hbond substituents is 1. The van der Waals surface area contributed by atoms with E-state index in [-0.39, 0.29) is 23.6 Å². The Hall–Kier alpha value is -3.67. The van der Waals surface area contributed by atoms with Crippen molar-refractivity contribution in [2.75, 3.05) is 7.11 Å². The van der Waals surface area contributed by atoms with Gasteiger partial charge in [-0.25, -0.2) is 5.43 Å². The highest BCUT2D eigenvalue weighted by atomic mass is 127. The maximum absolute atomic E-state index is 12.1. The zero-order chi connectivity index (χ0) is 23.1. The molecule has 0 spiro atoms. The molecular weight excluding hydrogens is 529 g/mol. The summed E-state index contributed by atoms with van der Waals surface area (Å²) in [5.41, 5.74) is 3.93. The van der Waals surface area contributed by atoms with E-state index in [4.69, 9.17) is 9.47 Å². The van der Waals surface area contributed by atoms with Gasteiger partial charge in [0.15, 0.2) is 11.5 Å². The summed E-state index contributed by atoms with van der Waals surface area (Å²) in [6.45, 7) is 0.203. The van der Waals surface area contributed by atoms with Crippen molar-refractivity contribution in [3.8, 4) is 17.2 Å². The van der Waals surface area contributed by atoms with Gasteiger partial charge < -0.3 is 14.6 Å². The number of methoxy groups -OCH3 is 1. The molecule has 0 aliphatic rings. The Morgan fingerprint density at radius 3 is 2.59 bits per heavy atom. The highest BCUT2D eigenvalue weighted by Crippen LogP contribution is 2.34. The Bertz CT molecular complexity index is 1160. The molecule has 0 heterocycles. The van der Waals surface area contributed by atoms with Gasteiger partial charge in [0.05, 0.1) is 27.4 Å². The average molecular weight is 547 g/mol. The van der Waals surface area contributed by atoms with Gasteiger partial charge in [-0.15, -0.1) is 0 Å². The van der Waals surface area contributed by atoms with Crippen molar-refractivity contribution in [2.45, 2.75) is 6.61 Å². The summed E-state index contributed by atoms with van der Waals surface area (Å²) in [5.74, 6) is 0.309. The molecule has 0 bridgehead atoms. The minimum atomic E-state index is -0.538. The lowest BCUT2D eigenvalue weighted by Gasteiger charge is -2.13. The molecule has 164 valence electrons. The molecule has 3 aromatic carbocycles. The van der Waals surface area contributed by atoms with Crippen LogP contribution < -0.4 is 14.9 Å². The third-order valence-corrected chi connectivity index (χ3v) is 5.11. The zero-order valence-electron chi connectivity index (χ0n) is 16.8. The van der Waals surface area contributed by atoms with Crippen LogP contribution in [0.5, 0.6) is 17.2 Å². The predicted molar refractivity (Wildman–Crippen MR) is 126 cm³/mol. The minimum Gasteiger partial charge on any atom is -0.507 e. The molecule has 0 aliphatic heterocycles. The second kappa shape index (κ2) is 10.6. The van der Waals surface area contributed by atoms with Gasteiger partial charge in [-0.1, -0.05) is 12.1 Å². The van der Waals surface area contributed by atoms with E-state index in [1.165, 1.54) is 37.6 Å². The maximum Gasteiger partial charge on any atom is 0.275 e. The van der Waals surface area contributed by atoms with E-state index in [0.29, 0.717) is 17.1 Å². The largest absolute Gasteiger partial charge is 0.507 e. The highest BCUT2D eigenvalue weighted by molar-refractivity contribution is 14.1. The van der Waals surface area contributed by atoms with Crippen molar-refractivity contribution in [1.29, 1.82) is 0 Å². The van der Waals surface area contributed by atoms with E-state index in [1.54, 1.807) is 36.4 Å². The van der Waals surface area contributed by atoms with Gasteiger partial charge in [-0.05, 0) is 70.1 Å². The summed E-state index contributed by atoms with van der Waals surface area (Å²) in [6.07, 6.45) is 1.45. The van der Waals surface area contributed by atoms with Gasteiger partial charge in [0.2, 0.25) is 0 Å². The molecule has 3 rings (SSSR count). The van der Waals surface area contributed by atoms with Crippen LogP contribution in [0.1, 0.15) is 21.5 Å². The van der Waals surface area contributed by atoms with Crippen LogP contribution in [0.4, 0.5) is 5.69 Å². The Morgan fingerprint density at radius 2 is 1.94 bits per heavy atom. The van der Waals surface area contributed by atoms with Crippen LogP contribution in [0, 0.1) is 13.7 Å². The Kier molecular flexibility index (Phi) is 7.60. The van der Waals surface area contributed by atoms with Crippen LogP contribution in [0.2, 0.25) is 0 Å². The van der Waals surface area contributed by atoms with Gasteiger partial charge in [-0.3, -0.25) is 14.9 Å². The fraction of sp³-hybridized carbons (Fsp3) is 0.0909. The van der Waals surface area contributed by atoms with Crippen LogP contribution in [0.15, 0.2) is 65.8 Å². The predicted octanol–water partition coefficient (Wildman–Crippen LogP) is 4.26. The number of benzene rings is 3. The summed E-state index contributed by atoms with van der Waals surface area (Å²) >= 11 is 2.09. The number of hydrogen-bond donors (Lipinski definition) is 2. The summed E-state index contributed by atoms with van der Waals surface area (Å²) in [4.78, 5) is 22.4. The first kappa shape index (κ1) is 23.0. The van der Waals surface area contributed by atoms with E-state index >= 15 is 0 Å². The van der Waals surface area contributed by atoms with Crippen molar-refractivity contribution in [1.82, 2.24) is 5.43 Å². The summed E-state index contributed by atoms with van der Waals surface area (Å²) < 4.78 is 12.0. The van der Waals surface area contributed by atoms with E-state index in [2.05, 4.69) is 33.1 Å². The number of non-ortho nitro benzene ring substituents is 1. The number of nitro benzene ring substituents is 1. The number of nitrogens with zero attached hydrogens (tertiary/aromatic N) is 2. The second-order valence-corrected chi connectivity index (χ2v) is 7.62. The molecular formula is C22H18IN3O6. The smallest absolute Gasteiger partial charge is 0.275 e. The van der Waals surface area contributed by atoms with Gasteiger partial charge in [0, 0.05) is 12.1 Å². The van der Waals surface area contributed by atoms with Crippen molar-refractivity contribution < 1.29 is 24.3 Å². The molecule has 0 saturated carbocycles. The number of rotatable bonds is 8. The van der Waals surface area contributed by atoms with E-state index in [1.807, 2.05) is 0 Å². The average Bonchev–Trinajstić information content (AvgIpc) is 2.78. The summed E-state index contributed by atoms with van der Waals surface area (Å²) in [6, 6.07) is 15.8. The number of hydrazone groups is 1. The lowest BCUT2D eigenvalue weighted by molar-refractivity contribution is -0.384. The minimum absolute atomic E-state index is 0.0131. The van der Waals surface area contributed by atoms with Crippen molar-refractivity contribution in [3.63, 3.8) is 0 Å². The van der Waals surface area contributed by atoms with Crippen molar-refractivity contribution in [3.05, 3.63) is 91.0 Å². The molecule has 2 N–H and O–H groups in total. The molecule has 0 radical (unpaired) electrons. The molecule has 0 unspecified atom stereocenters. The van der Waals surface area contributed by atoms with Gasteiger partial charge in [-0.2, -0.15) is 5.10 Å². The molecule has 0 saturated heterocycles. The standard InChI is InChI=1S/C22H18IN3O6/c1-31-20-11-15(12-24-25-22(28)17-4-2-3-5-19(17)27)10-18(23)21(20)32-13-14-6-8-16(9-7-14)26(29)30/h2-12,27H,13H2,1H3,(H,25,28).